The Kier molecular flexibility index (Phi) is 9.92. The first-order valence-corrected chi connectivity index (χ1v) is 20.1. The molecule has 0 atom stereocenters. The van der Waals surface area contributed by atoms with E-state index in [1.54, 1.807) is 0 Å². The monoisotopic (exact) mass is 769 g/mol. The van der Waals surface area contributed by atoms with Gasteiger partial charge in [-0.25, -0.2) is 0 Å². The maximum Gasteiger partial charge on any atom is 0.248 e. The molecule has 0 spiro atoms. The Morgan fingerprint density at radius 1 is 0.233 bits per heavy atom. The van der Waals surface area contributed by atoms with Crippen molar-refractivity contribution < 1.29 is 4.42 Å². The van der Waals surface area contributed by atoms with Gasteiger partial charge in [-0.1, -0.05) is 176 Å². The third kappa shape index (κ3) is 7.42. The van der Waals surface area contributed by atoms with E-state index in [1.807, 2.05) is 42.5 Å². The second kappa shape index (κ2) is 16.4. The maximum atomic E-state index is 6.04. The van der Waals surface area contributed by atoms with Gasteiger partial charge in [0.05, 0.1) is 0 Å². The average Bonchev–Trinajstić information content (AvgIpc) is 3.84. The lowest BCUT2D eigenvalue weighted by atomic mass is 9.89. The van der Waals surface area contributed by atoms with E-state index in [0.29, 0.717) is 11.8 Å². The molecule has 10 rings (SSSR count). The molecule has 284 valence electrons. The Balaban J connectivity index is 0.930. The number of hydrogen-bond donors (Lipinski definition) is 0. The first-order chi connectivity index (χ1) is 29.7. The standard InChI is InChI=1S/C56H39N3O/c1-4-14-40(15-5-1)41-24-26-42(27-25-41)43-32-36-49(37-33-43)59(48-18-8-3-9-19-48)50-38-34-45(35-39-50)52-21-11-13-23-54(52)53-22-12-10-20-51(53)44-28-30-47(31-29-44)56-58-57-55(60-56)46-16-6-2-7-17-46/h1-39H. The van der Waals surface area contributed by atoms with Gasteiger partial charge in [-0.05, 0) is 116 Å². The van der Waals surface area contributed by atoms with Gasteiger partial charge in [0.25, 0.3) is 0 Å². The van der Waals surface area contributed by atoms with Crippen LogP contribution in [0.3, 0.4) is 0 Å². The molecule has 0 fully saturated rings. The zero-order valence-electron chi connectivity index (χ0n) is 32.8. The molecule has 0 saturated carbocycles. The lowest BCUT2D eigenvalue weighted by Crippen LogP contribution is -2.09. The molecule has 0 aliphatic heterocycles. The smallest absolute Gasteiger partial charge is 0.248 e. The van der Waals surface area contributed by atoms with E-state index in [9.17, 15) is 0 Å². The maximum absolute atomic E-state index is 6.04. The van der Waals surface area contributed by atoms with E-state index in [0.717, 1.165) is 50.4 Å². The van der Waals surface area contributed by atoms with Crippen molar-refractivity contribution in [3.63, 3.8) is 0 Å². The van der Waals surface area contributed by atoms with Crippen molar-refractivity contribution in [3.8, 4) is 78.5 Å². The summed E-state index contributed by atoms with van der Waals surface area (Å²) in [6, 6.07) is 83.1. The Morgan fingerprint density at radius 3 is 0.983 bits per heavy atom. The Morgan fingerprint density at radius 2 is 0.517 bits per heavy atom. The Bertz CT molecular complexity index is 2980. The van der Waals surface area contributed by atoms with E-state index in [1.165, 1.54) is 33.4 Å². The predicted molar refractivity (Wildman–Crippen MR) is 247 cm³/mol. The normalized spacial score (nSPS) is 11.0. The van der Waals surface area contributed by atoms with Crippen LogP contribution in [-0.2, 0) is 0 Å². The van der Waals surface area contributed by atoms with Crippen LogP contribution in [-0.4, -0.2) is 10.2 Å². The van der Waals surface area contributed by atoms with Gasteiger partial charge in [-0.2, -0.15) is 0 Å². The van der Waals surface area contributed by atoms with Crippen molar-refractivity contribution in [2.24, 2.45) is 0 Å². The quantitative estimate of drug-likeness (QED) is 0.139. The molecule has 1 heterocycles. The van der Waals surface area contributed by atoms with Crippen molar-refractivity contribution in [1.29, 1.82) is 0 Å². The fraction of sp³-hybridized carbons (Fsp3) is 0. The summed E-state index contributed by atoms with van der Waals surface area (Å²) in [5, 5.41) is 8.62. The largest absolute Gasteiger partial charge is 0.416 e. The van der Waals surface area contributed by atoms with Gasteiger partial charge < -0.3 is 9.32 Å². The zero-order valence-corrected chi connectivity index (χ0v) is 32.8. The second-order valence-corrected chi connectivity index (χ2v) is 14.7. The van der Waals surface area contributed by atoms with Crippen LogP contribution in [0.25, 0.3) is 78.5 Å². The van der Waals surface area contributed by atoms with Gasteiger partial charge >= 0.3 is 0 Å². The van der Waals surface area contributed by atoms with Crippen LogP contribution >= 0.6 is 0 Å². The van der Waals surface area contributed by atoms with Crippen LogP contribution in [0, 0.1) is 0 Å². The number of anilines is 3. The summed E-state index contributed by atoms with van der Waals surface area (Å²) in [5.74, 6) is 1.00. The number of nitrogens with zero attached hydrogens (tertiary/aromatic N) is 3. The molecule has 0 radical (unpaired) electrons. The van der Waals surface area contributed by atoms with Crippen molar-refractivity contribution in [3.05, 3.63) is 237 Å². The molecule has 0 amide bonds. The molecule has 0 bridgehead atoms. The van der Waals surface area contributed by atoms with Crippen LogP contribution in [0.5, 0.6) is 0 Å². The molecule has 0 aliphatic rings. The molecular formula is C56H39N3O. The van der Waals surface area contributed by atoms with Crippen LogP contribution in [0.15, 0.2) is 241 Å². The fourth-order valence-corrected chi connectivity index (χ4v) is 7.87. The molecule has 1 aromatic heterocycles. The van der Waals surface area contributed by atoms with Gasteiger partial charge in [0, 0.05) is 28.2 Å². The minimum absolute atomic E-state index is 0.496. The minimum atomic E-state index is 0.496. The third-order valence-corrected chi connectivity index (χ3v) is 10.9. The van der Waals surface area contributed by atoms with Crippen LogP contribution < -0.4 is 4.90 Å². The Labute approximate surface area is 350 Å². The highest BCUT2D eigenvalue weighted by Gasteiger charge is 2.17. The highest BCUT2D eigenvalue weighted by Crippen LogP contribution is 2.41. The molecule has 10 aromatic rings. The zero-order chi connectivity index (χ0) is 40.1. The van der Waals surface area contributed by atoms with E-state index in [4.69, 9.17) is 4.42 Å². The van der Waals surface area contributed by atoms with Crippen molar-refractivity contribution in [2.75, 3.05) is 4.90 Å². The van der Waals surface area contributed by atoms with Gasteiger partial charge in [-0.3, -0.25) is 0 Å². The molecule has 0 unspecified atom stereocenters. The van der Waals surface area contributed by atoms with Crippen LogP contribution in [0.1, 0.15) is 0 Å². The molecule has 4 nitrogen and oxygen atoms in total. The number of hydrogen-bond acceptors (Lipinski definition) is 4. The minimum Gasteiger partial charge on any atom is -0.416 e. The molecule has 4 heteroatoms. The summed E-state index contributed by atoms with van der Waals surface area (Å²) in [4.78, 5) is 2.31. The number of benzene rings is 9. The number of aromatic nitrogens is 2. The van der Waals surface area contributed by atoms with E-state index >= 15 is 0 Å². The molecule has 0 saturated heterocycles. The molecule has 0 N–H and O–H groups in total. The molecule has 9 aromatic carbocycles. The number of rotatable bonds is 10. The predicted octanol–water partition coefficient (Wildman–Crippen LogP) is 15.2. The van der Waals surface area contributed by atoms with Gasteiger partial charge in [0.1, 0.15) is 0 Å². The summed E-state index contributed by atoms with van der Waals surface area (Å²) < 4.78 is 6.04. The highest BCUT2D eigenvalue weighted by molar-refractivity contribution is 5.92. The van der Waals surface area contributed by atoms with Crippen LogP contribution in [0.4, 0.5) is 17.1 Å². The Hall–Kier alpha value is -8.08. The molecule has 60 heavy (non-hydrogen) atoms. The first kappa shape index (κ1) is 36.3. The summed E-state index contributed by atoms with van der Waals surface area (Å²) in [5.41, 5.74) is 16.8. The summed E-state index contributed by atoms with van der Waals surface area (Å²) >= 11 is 0. The molecular weight excluding hydrogens is 731 g/mol. The van der Waals surface area contributed by atoms with Crippen LogP contribution in [0.2, 0.25) is 0 Å². The van der Waals surface area contributed by atoms with Crippen molar-refractivity contribution >= 4 is 17.1 Å². The first-order valence-electron chi connectivity index (χ1n) is 20.1. The summed E-state index contributed by atoms with van der Waals surface area (Å²) in [6.45, 7) is 0. The van der Waals surface area contributed by atoms with Crippen molar-refractivity contribution in [1.82, 2.24) is 10.2 Å². The van der Waals surface area contributed by atoms with Crippen molar-refractivity contribution in [2.45, 2.75) is 0 Å². The number of para-hydroxylation sites is 1. The lowest BCUT2D eigenvalue weighted by molar-refractivity contribution is 0.584. The van der Waals surface area contributed by atoms with E-state index < -0.39 is 0 Å². The van der Waals surface area contributed by atoms with Gasteiger partial charge in [0.2, 0.25) is 11.8 Å². The van der Waals surface area contributed by atoms with Gasteiger partial charge in [-0.15, -0.1) is 10.2 Å². The van der Waals surface area contributed by atoms with Gasteiger partial charge in [0.15, 0.2) is 0 Å². The highest BCUT2D eigenvalue weighted by atomic mass is 16.4. The van der Waals surface area contributed by atoms with E-state index in [2.05, 4.69) is 209 Å². The average molecular weight is 770 g/mol. The third-order valence-electron chi connectivity index (χ3n) is 10.9. The summed E-state index contributed by atoms with van der Waals surface area (Å²) in [7, 11) is 0. The lowest BCUT2D eigenvalue weighted by Gasteiger charge is -2.26. The second-order valence-electron chi connectivity index (χ2n) is 14.7. The topological polar surface area (TPSA) is 42.2 Å². The van der Waals surface area contributed by atoms with E-state index in [-0.39, 0.29) is 0 Å². The SMILES string of the molecule is c1ccc(-c2ccc(-c3ccc(N(c4ccccc4)c4ccc(-c5ccccc5-c5ccccc5-c5ccc(-c6nnc(-c7ccccc7)o6)cc5)cc4)cc3)cc2)cc1. The molecule has 0 aliphatic carbocycles. The summed E-state index contributed by atoms with van der Waals surface area (Å²) in [6.07, 6.45) is 0. The fourth-order valence-electron chi connectivity index (χ4n) is 7.87.